The Hall–Kier alpha value is -2.94. The summed E-state index contributed by atoms with van der Waals surface area (Å²) in [5.74, 6) is 1.41. The topological polar surface area (TPSA) is 119 Å². The first-order chi connectivity index (χ1) is 11.7. The molecule has 24 heavy (non-hydrogen) atoms. The van der Waals surface area contributed by atoms with Gasteiger partial charge in [0, 0.05) is 25.2 Å². The standard InChI is InChI=1S/C15H16N6O2S/c16-13-8-14(20-9-19-13)17-4-2-5-18-15(22)10-7-11(23-21-10)12-3-1-6-24-12/h1,3,6-9H,2,4-5H2,(H,18,22)(H3,16,17,19,20). The van der Waals surface area contributed by atoms with Gasteiger partial charge in [0.05, 0.1) is 4.88 Å². The molecule has 0 aliphatic heterocycles. The van der Waals surface area contributed by atoms with Crippen molar-refractivity contribution < 1.29 is 9.32 Å². The van der Waals surface area contributed by atoms with Gasteiger partial charge in [-0.25, -0.2) is 9.97 Å². The molecule has 0 saturated heterocycles. The molecule has 0 aliphatic carbocycles. The summed E-state index contributed by atoms with van der Waals surface area (Å²) in [5.41, 5.74) is 5.84. The summed E-state index contributed by atoms with van der Waals surface area (Å²) in [4.78, 5) is 20.8. The number of carbonyl (C=O) groups is 1. The summed E-state index contributed by atoms with van der Waals surface area (Å²) in [7, 11) is 0. The molecule has 3 aromatic rings. The van der Waals surface area contributed by atoms with Crippen LogP contribution in [0, 0.1) is 0 Å². The van der Waals surface area contributed by atoms with Crippen LogP contribution in [0.15, 0.2) is 40.5 Å². The lowest BCUT2D eigenvalue weighted by Crippen LogP contribution is -2.26. The zero-order valence-corrected chi connectivity index (χ0v) is 13.5. The van der Waals surface area contributed by atoms with Gasteiger partial charge >= 0.3 is 0 Å². The van der Waals surface area contributed by atoms with Gasteiger partial charge in [-0.05, 0) is 17.9 Å². The molecule has 9 heteroatoms. The smallest absolute Gasteiger partial charge is 0.273 e. The van der Waals surface area contributed by atoms with Crippen molar-refractivity contribution in [3.63, 3.8) is 0 Å². The van der Waals surface area contributed by atoms with E-state index in [4.69, 9.17) is 10.3 Å². The van der Waals surface area contributed by atoms with Crippen molar-refractivity contribution in [3.05, 3.63) is 41.7 Å². The molecule has 0 aliphatic rings. The Morgan fingerprint density at radius 1 is 1.29 bits per heavy atom. The van der Waals surface area contributed by atoms with Crippen LogP contribution in [0.3, 0.4) is 0 Å². The number of thiophene rings is 1. The van der Waals surface area contributed by atoms with E-state index in [1.807, 2.05) is 17.5 Å². The van der Waals surface area contributed by atoms with E-state index < -0.39 is 0 Å². The Balaban J connectivity index is 1.41. The third-order valence-corrected chi connectivity index (χ3v) is 4.02. The van der Waals surface area contributed by atoms with E-state index >= 15 is 0 Å². The zero-order valence-electron chi connectivity index (χ0n) is 12.7. The van der Waals surface area contributed by atoms with Crippen LogP contribution < -0.4 is 16.4 Å². The predicted octanol–water partition coefficient (Wildman–Crippen LogP) is 2.01. The molecular weight excluding hydrogens is 328 g/mol. The fourth-order valence-corrected chi connectivity index (χ4v) is 2.66. The second-order valence-corrected chi connectivity index (χ2v) is 5.87. The first-order valence-electron chi connectivity index (χ1n) is 7.32. The molecule has 0 unspecified atom stereocenters. The quantitative estimate of drug-likeness (QED) is 0.561. The molecule has 0 saturated carbocycles. The number of nitrogens with two attached hydrogens (primary N) is 1. The highest BCUT2D eigenvalue weighted by Crippen LogP contribution is 2.24. The van der Waals surface area contributed by atoms with Crippen LogP contribution in [0.5, 0.6) is 0 Å². The second-order valence-electron chi connectivity index (χ2n) is 4.92. The van der Waals surface area contributed by atoms with Crippen LogP contribution in [-0.2, 0) is 0 Å². The molecule has 0 atom stereocenters. The Labute approximate surface area is 142 Å². The minimum Gasteiger partial charge on any atom is -0.384 e. The molecule has 3 aromatic heterocycles. The number of nitrogen functional groups attached to an aromatic ring is 1. The van der Waals surface area contributed by atoms with Crippen molar-refractivity contribution >= 4 is 28.9 Å². The average Bonchev–Trinajstić information content (AvgIpc) is 3.25. The van der Waals surface area contributed by atoms with Crippen molar-refractivity contribution in [2.45, 2.75) is 6.42 Å². The molecule has 3 heterocycles. The lowest BCUT2D eigenvalue weighted by Gasteiger charge is -2.06. The molecule has 124 valence electrons. The minimum absolute atomic E-state index is 0.257. The van der Waals surface area contributed by atoms with E-state index in [1.165, 1.54) is 17.7 Å². The average molecular weight is 344 g/mol. The predicted molar refractivity (Wildman–Crippen MR) is 91.7 cm³/mol. The second kappa shape index (κ2) is 7.55. The number of nitrogens with zero attached hydrogens (tertiary/aromatic N) is 3. The molecular formula is C15H16N6O2S. The van der Waals surface area contributed by atoms with E-state index in [-0.39, 0.29) is 11.6 Å². The summed E-state index contributed by atoms with van der Waals surface area (Å²) in [6.45, 7) is 1.16. The summed E-state index contributed by atoms with van der Waals surface area (Å²) in [5, 5.41) is 11.6. The summed E-state index contributed by atoms with van der Waals surface area (Å²) in [6, 6.07) is 7.13. The third-order valence-electron chi connectivity index (χ3n) is 3.14. The maximum atomic E-state index is 12.0. The van der Waals surface area contributed by atoms with Crippen molar-refractivity contribution in [1.82, 2.24) is 20.4 Å². The van der Waals surface area contributed by atoms with E-state index in [0.29, 0.717) is 30.5 Å². The van der Waals surface area contributed by atoms with Crippen LogP contribution in [0.4, 0.5) is 11.6 Å². The molecule has 1 amide bonds. The number of nitrogens with one attached hydrogen (secondary N) is 2. The number of carbonyl (C=O) groups excluding carboxylic acids is 1. The number of rotatable bonds is 7. The van der Waals surface area contributed by atoms with Gasteiger partial charge in [-0.1, -0.05) is 11.2 Å². The van der Waals surface area contributed by atoms with E-state index in [0.717, 1.165) is 11.3 Å². The molecule has 0 fully saturated rings. The molecule has 0 radical (unpaired) electrons. The number of aromatic nitrogens is 3. The van der Waals surface area contributed by atoms with Crippen molar-refractivity contribution in [2.24, 2.45) is 0 Å². The fourth-order valence-electron chi connectivity index (χ4n) is 1.98. The molecule has 8 nitrogen and oxygen atoms in total. The number of hydrogen-bond acceptors (Lipinski definition) is 8. The number of anilines is 2. The van der Waals surface area contributed by atoms with Gasteiger partial charge in [0.15, 0.2) is 11.5 Å². The minimum atomic E-state index is -0.257. The van der Waals surface area contributed by atoms with Gasteiger partial charge in [-0.3, -0.25) is 4.79 Å². The van der Waals surface area contributed by atoms with Crippen molar-refractivity contribution in [3.8, 4) is 10.6 Å². The van der Waals surface area contributed by atoms with Crippen molar-refractivity contribution in [2.75, 3.05) is 24.1 Å². The molecule has 3 rings (SSSR count). The maximum Gasteiger partial charge on any atom is 0.273 e. The Bertz CT molecular complexity index is 802. The summed E-state index contributed by atoms with van der Waals surface area (Å²) >= 11 is 1.53. The van der Waals surface area contributed by atoms with Gasteiger partial charge in [-0.2, -0.15) is 0 Å². The number of hydrogen-bond donors (Lipinski definition) is 3. The van der Waals surface area contributed by atoms with Gasteiger partial charge < -0.3 is 20.9 Å². The molecule has 4 N–H and O–H groups in total. The highest BCUT2D eigenvalue weighted by atomic mass is 32.1. The monoisotopic (exact) mass is 344 g/mol. The lowest BCUT2D eigenvalue weighted by atomic mass is 10.3. The van der Waals surface area contributed by atoms with E-state index in [2.05, 4.69) is 25.8 Å². The van der Waals surface area contributed by atoms with Gasteiger partial charge in [0.25, 0.3) is 5.91 Å². The van der Waals surface area contributed by atoms with Crippen LogP contribution in [0.25, 0.3) is 10.6 Å². The largest absolute Gasteiger partial charge is 0.384 e. The van der Waals surface area contributed by atoms with Crippen LogP contribution >= 0.6 is 11.3 Å². The van der Waals surface area contributed by atoms with Gasteiger partial charge in [0.1, 0.15) is 18.0 Å². The fraction of sp³-hybridized carbons (Fsp3) is 0.200. The highest BCUT2D eigenvalue weighted by molar-refractivity contribution is 7.13. The van der Waals surface area contributed by atoms with Gasteiger partial charge in [0.2, 0.25) is 0 Å². The molecule has 0 bridgehead atoms. The highest BCUT2D eigenvalue weighted by Gasteiger charge is 2.13. The van der Waals surface area contributed by atoms with E-state index in [9.17, 15) is 4.79 Å². The van der Waals surface area contributed by atoms with Crippen molar-refractivity contribution in [1.29, 1.82) is 0 Å². The lowest BCUT2D eigenvalue weighted by molar-refractivity contribution is 0.0944. The summed E-state index contributed by atoms with van der Waals surface area (Å²) in [6.07, 6.45) is 2.13. The molecule has 0 spiro atoms. The number of amides is 1. The molecule has 0 aromatic carbocycles. The Kier molecular flexibility index (Phi) is 5.02. The van der Waals surface area contributed by atoms with Crippen LogP contribution in [-0.4, -0.2) is 34.1 Å². The SMILES string of the molecule is Nc1cc(NCCCNC(=O)c2cc(-c3cccs3)on2)ncn1. The first kappa shape index (κ1) is 15.9. The Morgan fingerprint density at radius 3 is 3.00 bits per heavy atom. The van der Waals surface area contributed by atoms with Crippen LogP contribution in [0.2, 0.25) is 0 Å². The van der Waals surface area contributed by atoms with Gasteiger partial charge in [-0.15, -0.1) is 11.3 Å². The third kappa shape index (κ3) is 4.07. The maximum absolute atomic E-state index is 12.0. The normalized spacial score (nSPS) is 10.5. The van der Waals surface area contributed by atoms with Crippen LogP contribution in [0.1, 0.15) is 16.9 Å². The Morgan fingerprint density at radius 2 is 2.21 bits per heavy atom. The van der Waals surface area contributed by atoms with E-state index in [1.54, 1.807) is 12.1 Å². The first-order valence-corrected chi connectivity index (χ1v) is 8.20. The summed E-state index contributed by atoms with van der Waals surface area (Å²) < 4.78 is 5.19. The zero-order chi connectivity index (χ0) is 16.8.